The number of aromatic nitrogens is 2. The van der Waals surface area contributed by atoms with E-state index in [9.17, 15) is 18.0 Å². The normalized spacial score (nSPS) is 15.5. The Hall–Kier alpha value is -2.84. The average molecular weight is 381 g/mol. The van der Waals surface area contributed by atoms with E-state index in [0.29, 0.717) is 43.1 Å². The molecule has 27 heavy (non-hydrogen) atoms. The summed E-state index contributed by atoms with van der Waals surface area (Å²) in [6.07, 6.45) is -0.793. The van der Waals surface area contributed by atoms with Gasteiger partial charge in [0.15, 0.2) is 0 Å². The molecule has 6 nitrogen and oxygen atoms in total. The first-order valence-electron chi connectivity index (χ1n) is 8.40. The van der Waals surface area contributed by atoms with Gasteiger partial charge >= 0.3 is 6.36 Å². The lowest BCUT2D eigenvalue weighted by Crippen LogP contribution is -2.41. The van der Waals surface area contributed by atoms with Gasteiger partial charge in [-0.15, -0.1) is 13.2 Å². The van der Waals surface area contributed by atoms with E-state index in [1.807, 2.05) is 0 Å². The number of hydrogen-bond acceptors (Lipinski definition) is 5. The summed E-state index contributed by atoms with van der Waals surface area (Å²) in [6.45, 7) is 2.71. The lowest BCUT2D eigenvalue weighted by molar-refractivity contribution is -0.274. The average Bonchev–Trinajstić information content (AvgIpc) is 2.61. The lowest BCUT2D eigenvalue weighted by atomic mass is 10.1. The first-order valence-corrected chi connectivity index (χ1v) is 8.40. The predicted molar refractivity (Wildman–Crippen MR) is 89.4 cm³/mol. The van der Waals surface area contributed by atoms with Crippen molar-refractivity contribution in [1.29, 1.82) is 0 Å². The minimum Gasteiger partial charge on any atom is -0.490 e. The number of piperidine rings is 1. The van der Waals surface area contributed by atoms with Gasteiger partial charge in [0.25, 0.3) is 5.91 Å². The zero-order valence-corrected chi connectivity index (χ0v) is 14.6. The van der Waals surface area contributed by atoms with Gasteiger partial charge in [-0.1, -0.05) is 6.07 Å². The minimum absolute atomic E-state index is 0.144. The zero-order valence-electron chi connectivity index (χ0n) is 14.6. The van der Waals surface area contributed by atoms with Crippen molar-refractivity contribution >= 4 is 5.91 Å². The summed E-state index contributed by atoms with van der Waals surface area (Å²) in [4.78, 5) is 22.2. The number of nitrogens with zero attached hydrogens (tertiary/aromatic N) is 3. The Kier molecular flexibility index (Phi) is 5.48. The third-order valence-corrected chi connectivity index (χ3v) is 4.10. The molecular weight excluding hydrogens is 363 g/mol. The molecule has 2 aromatic rings. The number of amides is 1. The Morgan fingerprint density at radius 2 is 1.78 bits per heavy atom. The highest BCUT2D eigenvalue weighted by atomic mass is 19.4. The molecule has 1 aliphatic heterocycles. The van der Waals surface area contributed by atoms with E-state index in [0.717, 1.165) is 0 Å². The molecule has 2 heterocycles. The summed E-state index contributed by atoms with van der Waals surface area (Å²) in [5, 5.41) is 0. The number of ether oxygens (including phenoxy) is 2. The number of aryl methyl sites for hydroxylation is 1. The molecule has 0 radical (unpaired) electrons. The fourth-order valence-corrected chi connectivity index (χ4v) is 2.80. The predicted octanol–water partition coefficient (Wildman–Crippen LogP) is 3.37. The Bertz CT molecular complexity index is 788. The van der Waals surface area contributed by atoms with Crippen molar-refractivity contribution in [1.82, 2.24) is 14.9 Å². The maximum absolute atomic E-state index is 12.4. The van der Waals surface area contributed by atoms with Crippen molar-refractivity contribution in [3.8, 4) is 11.5 Å². The molecule has 0 spiro atoms. The van der Waals surface area contributed by atoms with Crippen LogP contribution in [0.25, 0.3) is 0 Å². The summed E-state index contributed by atoms with van der Waals surface area (Å²) in [6, 6.07) is 5.43. The molecule has 0 unspecified atom stereocenters. The maximum atomic E-state index is 12.4. The highest BCUT2D eigenvalue weighted by molar-refractivity contribution is 5.93. The highest BCUT2D eigenvalue weighted by Gasteiger charge is 2.31. The van der Waals surface area contributed by atoms with Crippen molar-refractivity contribution < 1.29 is 27.4 Å². The molecule has 0 bridgehead atoms. The van der Waals surface area contributed by atoms with Crippen molar-refractivity contribution in [3.63, 3.8) is 0 Å². The molecule has 144 valence electrons. The van der Waals surface area contributed by atoms with Crippen LogP contribution in [0.1, 0.15) is 29.0 Å². The Morgan fingerprint density at radius 1 is 1.15 bits per heavy atom. The molecule has 1 fully saturated rings. The van der Waals surface area contributed by atoms with Crippen LogP contribution in [0, 0.1) is 6.92 Å². The standard InChI is InChI=1S/C18H18F3N3O3/c1-12-22-10-13(11-23-12)17(25)24-7-5-14(6-8-24)26-15-3-2-4-16(9-15)27-18(19,20)21/h2-4,9-11,14H,5-8H2,1H3. The van der Waals surface area contributed by atoms with E-state index in [2.05, 4.69) is 14.7 Å². The van der Waals surface area contributed by atoms with Gasteiger partial charge in [-0.2, -0.15) is 0 Å². The Balaban J connectivity index is 1.54. The molecule has 0 saturated carbocycles. The molecular formula is C18H18F3N3O3. The number of carbonyl (C=O) groups is 1. The Morgan fingerprint density at radius 3 is 2.41 bits per heavy atom. The van der Waals surface area contributed by atoms with Crippen LogP contribution in [0.4, 0.5) is 13.2 Å². The van der Waals surface area contributed by atoms with Crippen LogP contribution in [0.15, 0.2) is 36.7 Å². The number of rotatable bonds is 4. The smallest absolute Gasteiger partial charge is 0.490 e. The number of benzene rings is 1. The van der Waals surface area contributed by atoms with E-state index in [4.69, 9.17) is 4.74 Å². The van der Waals surface area contributed by atoms with Gasteiger partial charge in [-0.3, -0.25) is 4.79 Å². The first-order chi connectivity index (χ1) is 12.8. The van der Waals surface area contributed by atoms with E-state index >= 15 is 0 Å². The van der Waals surface area contributed by atoms with Gasteiger partial charge in [0, 0.05) is 44.4 Å². The fraction of sp³-hybridized carbons (Fsp3) is 0.389. The first kappa shape index (κ1) is 18.9. The zero-order chi connectivity index (χ0) is 19.4. The van der Waals surface area contributed by atoms with E-state index in [1.165, 1.54) is 30.6 Å². The summed E-state index contributed by atoms with van der Waals surface area (Å²) >= 11 is 0. The van der Waals surface area contributed by atoms with Gasteiger partial charge in [0.05, 0.1) is 5.56 Å². The monoisotopic (exact) mass is 381 g/mol. The van der Waals surface area contributed by atoms with Crippen molar-refractivity contribution in [3.05, 3.63) is 48.0 Å². The molecule has 0 aliphatic carbocycles. The van der Waals surface area contributed by atoms with E-state index < -0.39 is 6.36 Å². The van der Waals surface area contributed by atoms with Crippen molar-refractivity contribution in [2.45, 2.75) is 32.2 Å². The minimum atomic E-state index is -4.75. The lowest BCUT2D eigenvalue weighted by Gasteiger charge is -2.32. The van der Waals surface area contributed by atoms with Crippen LogP contribution in [0.3, 0.4) is 0 Å². The maximum Gasteiger partial charge on any atom is 0.573 e. The molecule has 3 rings (SSSR count). The number of halogens is 3. The van der Waals surface area contributed by atoms with Crippen LogP contribution >= 0.6 is 0 Å². The second-order valence-electron chi connectivity index (χ2n) is 6.15. The second kappa shape index (κ2) is 7.81. The number of alkyl halides is 3. The van der Waals surface area contributed by atoms with Crippen LogP contribution in [0.2, 0.25) is 0 Å². The van der Waals surface area contributed by atoms with Crippen LogP contribution in [0.5, 0.6) is 11.5 Å². The molecule has 1 amide bonds. The fourth-order valence-electron chi connectivity index (χ4n) is 2.80. The topological polar surface area (TPSA) is 64.6 Å². The molecule has 1 aromatic carbocycles. The molecule has 9 heteroatoms. The van der Waals surface area contributed by atoms with Gasteiger partial charge in [-0.25, -0.2) is 9.97 Å². The second-order valence-corrected chi connectivity index (χ2v) is 6.15. The third-order valence-electron chi connectivity index (χ3n) is 4.10. The van der Waals surface area contributed by atoms with Crippen LogP contribution in [-0.2, 0) is 0 Å². The van der Waals surface area contributed by atoms with Crippen molar-refractivity contribution in [2.75, 3.05) is 13.1 Å². The molecule has 1 aliphatic rings. The van der Waals surface area contributed by atoms with E-state index in [1.54, 1.807) is 17.9 Å². The summed E-state index contributed by atoms with van der Waals surface area (Å²) < 4.78 is 46.6. The summed E-state index contributed by atoms with van der Waals surface area (Å²) in [7, 11) is 0. The van der Waals surface area contributed by atoms with Crippen molar-refractivity contribution in [2.24, 2.45) is 0 Å². The van der Waals surface area contributed by atoms with Gasteiger partial charge < -0.3 is 14.4 Å². The largest absolute Gasteiger partial charge is 0.573 e. The highest BCUT2D eigenvalue weighted by Crippen LogP contribution is 2.27. The molecule has 0 N–H and O–H groups in total. The number of hydrogen-bond donors (Lipinski definition) is 0. The van der Waals surface area contributed by atoms with Gasteiger partial charge in [-0.05, 0) is 19.1 Å². The van der Waals surface area contributed by atoms with Crippen LogP contribution < -0.4 is 9.47 Å². The summed E-state index contributed by atoms with van der Waals surface area (Å²) in [5.41, 5.74) is 0.428. The third kappa shape index (κ3) is 5.32. The summed E-state index contributed by atoms with van der Waals surface area (Å²) in [5.74, 6) is 0.421. The molecule has 1 saturated heterocycles. The molecule has 0 atom stereocenters. The SMILES string of the molecule is Cc1ncc(C(=O)N2CCC(Oc3cccc(OC(F)(F)F)c3)CC2)cn1. The van der Waals surface area contributed by atoms with Gasteiger partial charge in [0.1, 0.15) is 23.4 Å². The Labute approximate surface area is 153 Å². The van der Waals surface area contributed by atoms with Gasteiger partial charge in [0.2, 0.25) is 0 Å². The molecule has 1 aromatic heterocycles. The number of carbonyl (C=O) groups excluding carboxylic acids is 1. The number of likely N-dealkylation sites (tertiary alicyclic amines) is 1. The quantitative estimate of drug-likeness (QED) is 0.813. The van der Waals surface area contributed by atoms with E-state index in [-0.39, 0.29) is 17.8 Å². The van der Waals surface area contributed by atoms with Crippen LogP contribution in [-0.4, -0.2) is 46.3 Å².